The van der Waals surface area contributed by atoms with Crippen molar-refractivity contribution in [3.63, 3.8) is 0 Å². The van der Waals surface area contributed by atoms with Gasteiger partial charge in [-0.2, -0.15) is 0 Å². The Morgan fingerprint density at radius 2 is 1.79 bits per heavy atom. The monoisotopic (exact) mass is 277 g/mol. The predicted molar refractivity (Wildman–Crippen MR) is 65.7 cm³/mol. The van der Waals surface area contributed by atoms with E-state index in [2.05, 4.69) is 4.74 Å². The lowest BCUT2D eigenvalue weighted by molar-refractivity contribution is -0.274. The Labute approximate surface area is 110 Å². The van der Waals surface area contributed by atoms with Crippen LogP contribution in [0.25, 0.3) is 0 Å². The molecule has 108 valence electrons. The SMILES string of the molecule is CCC(CN)(CO)Cc1ccc(OC(F)(F)F)cc1. The molecule has 1 rings (SSSR count). The van der Waals surface area contributed by atoms with E-state index < -0.39 is 11.8 Å². The Morgan fingerprint density at radius 3 is 2.16 bits per heavy atom. The minimum Gasteiger partial charge on any atom is -0.406 e. The van der Waals surface area contributed by atoms with Crippen LogP contribution in [0.4, 0.5) is 13.2 Å². The topological polar surface area (TPSA) is 55.5 Å². The molecule has 1 aromatic carbocycles. The maximum Gasteiger partial charge on any atom is 0.573 e. The molecule has 6 heteroatoms. The zero-order valence-electron chi connectivity index (χ0n) is 10.7. The van der Waals surface area contributed by atoms with Gasteiger partial charge in [0.05, 0.1) is 6.61 Å². The van der Waals surface area contributed by atoms with Gasteiger partial charge < -0.3 is 15.6 Å². The van der Waals surface area contributed by atoms with E-state index in [1.54, 1.807) is 12.1 Å². The second-order valence-electron chi connectivity index (χ2n) is 4.58. The van der Waals surface area contributed by atoms with Gasteiger partial charge >= 0.3 is 6.36 Å². The van der Waals surface area contributed by atoms with E-state index in [0.29, 0.717) is 19.4 Å². The van der Waals surface area contributed by atoms with E-state index in [9.17, 15) is 18.3 Å². The van der Waals surface area contributed by atoms with Crippen molar-refractivity contribution in [1.82, 2.24) is 0 Å². The molecule has 0 aliphatic rings. The smallest absolute Gasteiger partial charge is 0.406 e. The number of aliphatic hydroxyl groups excluding tert-OH is 1. The van der Waals surface area contributed by atoms with Gasteiger partial charge in [0.25, 0.3) is 0 Å². The number of nitrogens with two attached hydrogens (primary N) is 1. The van der Waals surface area contributed by atoms with Gasteiger partial charge in [-0.1, -0.05) is 19.1 Å². The van der Waals surface area contributed by atoms with Crippen LogP contribution in [0.2, 0.25) is 0 Å². The fourth-order valence-electron chi connectivity index (χ4n) is 1.82. The summed E-state index contributed by atoms with van der Waals surface area (Å²) in [5.74, 6) is -0.255. The summed E-state index contributed by atoms with van der Waals surface area (Å²) in [5, 5.41) is 9.39. The van der Waals surface area contributed by atoms with E-state index in [-0.39, 0.29) is 12.4 Å². The highest BCUT2D eigenvalue weighted by Crippen LogP contribution is 2.28. The van der Waals surface area contributed by atoms with Crippen molar-refractivity contribution in [2.45, 2.75) is 26.1 Å². The first-order valence-corrected chi connectivity index (χ1v) is 6.00. The minimum absolute atomic E-state index is 0.0548. The van der Waals surface area contributed by atoms with Crippen LogP contribution in [0.5, 0.6) is 5.75 Å². The quantitative estimate of drug-likeness (QED) is 0.840. The van der Waals surface area contributed by atoms with E-state index in [1.807, 2.05) is 6.92 Å². The number of aliphatic hydroxyl groups is 1. The van der Waals surface area contributed by atoms with E-state index in [0.717, 1.165) is 5.56 Å². The van der Waals surface area contributed by atoms with Gasteiger partial charge in [-0.25, -0.2) is 0 Å². The Hall–Kier alpha value is -1.27. The second kappa shape index (κ2) is 6.25. The van der Waals surface area contributed by atoms with Crippen molar-refractivity contribution in [2.24, 2.45) is 11.1 Å². The summed E-state index contributed by atoms with van der Waals surface area (Å²) in [6.07, 6.45) is -3.47. The van der Waals surface area contributed by atoms with Crippen molar-refractivity contribution in [3.05, 3.63) is 29.8 Å². The first-order chi connectivity index (χ1) is 8.84. The van der Waals surface area contributed by atoms with Gasteiger partial charge in [0.15, 0.2) is 0 Å². The predicted octanol–water partition coefficient (Wildman–Crippen LogP) is 2.48. The lowest BCUT2D eigenvalue weighted by Crippen LogP contribution is -2.35. The highest BCUT2D eigenvalue weighted by atomic mass is 19.4. The highest BCUT2D eigenvalue weighted by Gasteiger charge is 2.31. The Balaban J connectivity index is 2.76. The number of rotatable bonds is 6. The highest BCUT2D eigenvalue weighted by molar-refractivity contribution is 5.28. The molecule has 0 spiro atoms. The molecule has 3 nitrogen and oxygen atoms in total. The Kier molecular flexibility index (Phi) is 5.20. The largest absolute Gasteiger partial charge is 0.573 e. The van der Waals surface area contributed by atoms with Gasteiger partial charge in [-0.3, -0.25) is 0 Å². The number of hydrogen-bond donors (Lipinski definition) is 2. The van der Waals surface area contributed by atoms with E-state index in [4.69, 9.17) is 5.73 Å². The molecule has 0 fully saturated rings. The summed E-state index contributed by atoms with van der Waals surface area (Å²) in [5.41, 5.74) is 6.05. The normalized spacial score (nSPS) is 15.1. The zero-order chi connectivity index (χ0) is 14.5. The van der Waals surface area contributed by atoms with Crippen molar-refractivity contribution in [2.75, 3.05) is 13.2 Å². The molecule has 0 saturated heterocycles. The summed E-state index contributed by atoms with van der Waals surface area (Å²) < 4.78 is 39.8. The molecule has 1 aromatic rings. The number of benzene rings is 1. The third-order valence-corrected chi connectivity index (χ3v) is 3.25. The molecule has 1 unspecified atom stereocenters. The van der Waals surface area contributed by atoms with Crippen molar-refractivity contribution in [1.29, 1.82) is 0 Å². The van der Waals surface area contributed by atoms with E-state index >= 15 is 0 Å². The Morgan fingerprint density at radius 1 is 1.21 bits per heavy atom. The van der Waals surface area contributed by atoms with Gasteiger partial charge in [-0.15, -0.1) is 13.2 Å². The molecule has 0 heterocycles. The Bertz CT molecular complexity index is 378. The number of halogens is 3. The van der Waals surface area contributed by atoms with Crippen LogP contribution < -0.4 is 10.5 Å². The first kappa shape index (κ1) is 15.8. The third kappa shape index (κ3) is 4.72. The van der Waals surface area contributed by atoms with Gasteiger partial charge in [0.2, 0.25) is 0 Å². The van der Waals surface area contributed by atoms with Crippen LogP contribution in [0.1, 0.15) is 18.9 Å². The fraction of sp³-hybridized carbons (Fsp3) is 0.538. The van der Waals surface area contributed by atoms with Crippen molar-refractivity contribution < 1.29 is 23.0 Å². The second-order valence-corrected chi connectivity index (χ2v) is 4.58. The molecule has 0 aliphatic carbocycles. The molecule has 0 bridgehead atoms. The molecule has 0 amide bonds. The van der Waals surface area contributed by atoms with Crippen LogP contribution in [0.3, 0.4) is 0 Å². The zero-order valence-corrected chi connectivity index (χ0v) is 10.7. The maximum atomic E-state index is 12.0. The van der Waals surface area contributed by atoms with Crippen LogP contribution >= 0.6 is 0 Å². The van der Waals surface area contributed by atoms with Crippen LogP contribution in [0, 0.1) is 5.41 Å². The molecular weight excluding hydrogens is 259 g/mol. The molecule has 0 aromatic heterocycles. The van der Waals surface area contributed by atoms with Crippen LogP contribution in [0.15, 0.2) is 24.3 Å². The van der Waals surface area contributed by atoms with Gasteiger partial charge in [0.1, 0.15) is 5.75 Å². The van der Waals surface area contributed by atoms with Gasteiger partial charge in [0, 0.05) is 12.0 Å². The molecule has 1 atom stereocenters. The molecular formula is C13H18F3NO2. The fourth-order valence-corrected chi connectivity index (χ4v) is 1.82. The van der Waals surface area contributed by atoms with Gasteiger partial charge in [-0.05, 0) is 30.5 Å². The summed E-state index contributed by atoms with van der Waals surface area (Å²) in [6.45, 7) is 2.19. The summed E-state index contributed by atoms with van der Waals surface area (Å²) >= 11 is 0. The molecule has 0 saturated carbocycles. The molecule has 0 radical (unpaired) electrons. The summed E-state index contributed by atoms with van der Waals surface area (Å²) in [6, 6.07) is 5.63. The first-order valence-electron chi connectivity index (χ1n) is 6.00. The summed E-state index contributed by atoms with van der Waals surface area (Å²) in [7, 11) is 0. The molecule has 3 N–H and O–H groups in total. The lowest BCUT2D eigenvalue weighted by Gasteiger charge is -2.29. The number of alkyl halides is 3. The lowest BCUT2D eigenvalue weighted by atomic mass is 9.80. The summed E-state index contributed by atoms with van der Waals surface area (Å²) in [4.78, 5) is 0. The number of ether oxygens (including phenoxy) is 1. The van der Waals surface area contributed by atoms with Crippen molar-refractivity contribution >= 4 is 0 Å². The van der Waals surface area contributed by atoms with Crippen molar-refractivity contribution in [3.8, 4) is 5.75 Å². The standard InChI is InChI=1S/C13H18F3NO2/c1-2-12(8-17,9-18)7-10-3-5-11(6-4-10)19-13(14,15)16/h3-6,18H,2,7-9,17H2,1H3. The van der Waals surface area contributed by atoms with Crippen LogP contribution in [-0.4, -0.2) is 24.6 Å². The molecule has 19 heavy (non-hydrogen) atoms. The average Bonchev–Trinajstić information content (AvgIpc) is 2.37. The van der Waals surface area contributed by atoms with E-state index in [1.165, 1.54) is 12.1 Å². The molecule has 0 aliphatic heterocycles. The number of hydrogen-bond acceptors (Lipinski definition) is 3. The average molecular weight is 277 g/mol. The maximum absolute atomic E-state index is 12.0. The minimum atomic E-state index is -4.68. The third-order valence-electron chi connectivity index (χ3n) is 3.25. The van der Waals surface area contributed by atoms with Crippen LogP contribution in [-0.2, 0) is 6.42 Å².